The van der Waals surface area contributed by atoms with Crippen LogP contribution in [0.4, 0.5) is 0 Å². The fraction of sp³-hybridized carbons (Fsp3) is 0.333. The normalized spacial score (nSPS) is 17.3. The van der Waals surface area contributed by atoms with Gasteiger partial charge >= 0.3 is 5.96 Å². The predicted molar refractivity (Wildman–Crippen MR) is 117 cm³/mol. The third-order valence-corrected chi connectivity index (χ3v) is 6.35. The topological polar surface area (TPSA) is 104 Å². The van der Waals surface area contributed by atoms with Crippen molar-refractivity contribution in [1.82, 2.24) is 14.6 Å². The molecule has 8 nitrogen and oxygen atoms in total. The van der Waals surface area contributed by atoms with Crippen LogP contribution in [0.25, 0.3) is 11.3 Å². The summed E-state index contributed by atoms with van der Waals surface area (Å²) in [7, 11) is 3.43. The Labute approximate surface area is 178 Å². The number of hydrogen-bond donors (Lipinski definition) is 2. The molecule has 1 aliphatic rings. The summed E-state index contributed by atoms with van der Waals surface area (Å²) in [5, 5.41) is 15.1. The molecule has 4 heterocycles. The average molecular weight is 426 g/mol. The van der Waals surface area contributed by atoms with Gasteiger partial charge in [-0.15, -0.1) is 11.3 Å². The van der Waals surface area contributed by atoms with Crippen LogP contribution in [0.15, 0.2) is 45.2 Å². The molecule has 0 radical (unpaired) electrons. The van der Waals surface area contributed by atoms with Crippen molar-refractivity contribution < 1.29 is 9.10 Å². The quantitative estimate of drug-likeness (QED) is 0.381. The van der Waals surface area contributed by atoms with Crippen molar-refractivity contribution in [2.45, 2.75) is 25.8 Å². The van der Waals surface area contributed by atoms with E-state index in [0.717, 1.165) is 36.4 Å². The lowest BCUT2D eigenvalue weighted by Crippen LogP contribution is -2.42. The minimum Gasteiger partial charge on any atom is -0.356 e. The number of pyridine rings is 1. The molecule has 9 heteroatoms. The summed E-state index contributed by atoms with van der Waals surface area (Å²) in [5.74, 6) is 1.37. The Kier molecular flexibility index (Phi) is 5.29. The van der Waals surface area contributed by atoms with Crippen LogP contribution in [0, 0.1) is 12.3 Å². The summed E-state index contributed by atoms with van der Waals surface area (Å²) in [5.41, 5.74) is 8.58. The van der Waals surface area contributed by atoms with Gasteiger partial charge in [0.25, 0.3) is 5.56 Å². The molecule has 0 aliphatic carbocycles. The van der Waals surface area contributed by atoms with E-state index in [1.54, 1.807) is 42.3 Å². The second-order valence-electron chi connectivity index (χ2n) is 7.55. The van der Waals surface area contributed by atoms with Gasteiger partial charge in [0.1, 0.15) is 11.7 Å². The van der Waals surface area contributed by atoms with Gasteiger partial charge in [-0.2, -0.15) is 5.41 Å². The van der Waals surface area contributed by atoms with Crippen LogP contribution in [0.2, 0.25) is 0 Å². The van der Waals surface area contributed by atoms with Gasteiger partial charge in [-0.1, -0.05) is 5.16 Å². The number of guanidine groups is 1. The fourth-order valence-corrected chi connectivity index (χ4v) is 4.38. The van der Waals surface area contributed by atoms with Crippen molar-refractivity contribution >= 4 is 23.1 Å². The Balaban J connectivity index is 1.60. The fourth-order valence-electron chi connectivity index (χ4n) is 3.69. The number of likely N-dealkylation sites (tertiary alicyclic amines) is 1. The van der Waals surface area contributed by atoms with Gasteiger partial charge in [0.2, 0.25) is 0 Å². The molecule has 0 saturated carbocycles. The highest BCUT2D eigenvalue weighted by Crippen LogP contribution is 2.34. The van der Waals surface area contributed by atoms with Gasteiger partial charge in [-0.25, -0.2) is 4.58 Å². The van der Waals surface area contributed by atoms with Crippen LogP contribution in [0.1, 0.15) is 35.0 Å². The largest absolute Gasteiger partial charge is 0.356 e. The number of aromatic nitrogens is 2. The molecule has 1 fully saturated rings. The average Bonchev–Trinajstić information content (AvgIpc) is 3.48. The molecule has 0 aromatic carbocycles. The summed E-state index contributed by atoms with van der Waals surface area (Å²) in [4.78, 5) is 15.1. The molecule has 1 saturated heterocycles. The zero-order valence-electron chi connectivity index (χ0n) is 17.3. The molecule has 1 aliphatic heterocycles. The Morgan fingerprint density at radius 2 is 2.20 bits per heavy atom. The smallest absolute Gasteiger partial charge is 0.342 e. The molecule has 4 rings (SSSR count). The van der Waals surface area contributed by atoms with Crippen molar-refractivity contribution in [3.63, 3.8) is 0 Å². The highest BCUT2D eigenvalue weighted by molar-refractivity contribution is 7.10. The van der Waals surface area contributed by atoms with Crippen LogP contribution in [-0.2, 0) is 7.05 Å². The summed E-state index contributed by atoms with van der Waals surface area (Å²) in [6.07, 6.45) is 3.51. The first kappa shape index (κ1) is 20.1. The number of nitrogens with zero attached hydrogens (tertiary/aromatic N) is 4. The summed E-state index contributed by atoms with van der Waals surface area (Å²) >= 11 is 1.67. The van der Waals surface area contributed by atoms with Crippen molar-refractivity contribution in [1.29, 1.82) is 5.41 Å². The van der Waals surface area contributed by atoms with Crippen LogP contribution >= 0.6 is 11.3 Å². The molecule has 30 heavy (non-hydrogen) atoms. The van der Waals surface area contributed by atoms with E-state index in [1.165, 1.54) is 15.5 Å². The Bertz CT molecular complexity index is 1190. The zero-order valence-corrected chi connectivity index (χ0v) is 18.1. The van der Waals surface area contributed by atoms with Crippen LogP contribution in [0.5, 0.6) is 0 Å². The molecule has 0 spiro atoms. The van der Waals surface area contributed by atoms with E-state index in [9.17, 15) is 4.79 Å². The first-order chi connectivity index (χ1) is 14.3. The number of rotatable bonds is 3. The van der Waals surface area contributed by atoms with Gasteiger partial charge in [0.15, 0.2) is 11.6 Å². The molecule has 3 N–H and O–H groups in total. The third-order valence-electron chi connectivity index (χ3n) is 5.49. The standard InChI is InChI=1S/C21H24N6O2S/c1-13-9-15(12-30-13)18-11-16(24-29-18)17-5-4-7-27(17)21(23)26(3)20(22)14-6-8-25(2)19(28)10-14/h6,8-12,17,22-23H,4-5,7H2,1-3H3/p+1/t17-/m1/s1. The van der Waals surface area contributed by atoms with E-state index in [2.05, 4.69) is 23.5 Å². The number of nitrogens with one attached hydrogen (secondary N) is 1. The molecule has 3 aromatic heterocycles. The predicted octanol–water partition coefficient (Wildman–Crippen LogP) is 2.53. The molecule has 3 aromatic rings. The van der Waals surface area contributed by atoms with Crippen molar-refractivity contribution in [2.75, 3.05) is 13.6 Å². The Morgan fingerprint density at radius 3 is 2.90 bits per heavy atom. The zero-order chi connectivity index (χ0) is 21.4. The lowest BCUT2D eigenvalue weighted by molar-refractivity contribution is -0.387. The molecular weight excluding hydrogens is 400 g/mol. The first-order valence-corrected chi connectivity index (χ1v) is 10.6. The number of amidine groups is 1. The van der Waals surface area contributed by atoms with Gasteiger partial charge in [0.05, 0.1) is 13.6 Å². The minimum absolute atomic E-state index is 0.0476. The van der Waals surface area contributed by atoms with E-state index < -0.39 is 0 Å². The van der Waals surface area contributed by atoms with Gasteiger partial charge in [0, 0.05) is 46.8 Å². The van der Waals surface area contributed by atoms with Crippen molar-refractivity contribution in [3.05, 3.63) is 62.3 Å². The molecule has 156 valence electrons. The molecule has 0 unspecified atom stereocenters. The number of thiophene rings is 1. The lowest BCUT2D eigenvalue weighted by atomic mass is 10.1. The van der Waals surface area contributed by atoms with Gasteiger partial charge in [-0.3, -0.25) is 9.69 Å². The first-order valence-electron chi connectivity index (χ1n) is 9.75. The van der Waals surface area contributed by atoms with E-state index in [0.29, 0.717) is 11.4 Å². The van der Waals surface area contributed by atoms with Crippen LogP contribution < -0.4 is 11.3 Å². The number of aryl methyl sites for hydroxylation is 2. The molecule has 1 atom stereocenters. The van der Waals surface area contributed by atoms with E-state index >= 15 is 0 Å². The Hall–Kier alpha value is -3.20. The number of hydrogen-bond acceptors (Lipinski definition) is 5. The highest BCUT2D eigenvalue weighted by Gasteiger charge is 2.36. The lowest BCUT2D eigenvalue weighted by Gasteiger charge is -2.21. The molecule has 0 bridgehead atoms. The van der Waals surface area contributed by atoms with E-state index in [4.69, 9.17) is 15.7 Å². The third kappa shape index (κ3) is 3.68. The molecular formula is C21H25N6O2S+. The van der Waals surface area contributed by atoms with Crippen molar-refractivity contribution in [2.24, 2.45) is 12.8 Å². The van der Waals surface area contributed by atoms with Crippen LogP contribution in [-0.4, -0.2) is 44.6 Å². The SMILES string of the molecule is Cc1cc(-c2cc([C@H]3CCCN3C(=N)/[N+](C)=C(\N)c3ccn(C)c(=O)c3)no2)cs1. The van der Waals surface area contributed by atoms with Gasteiger partial charge < -0.3 is 14.8 Å². The molecule has 0 amide bonds. The maximum atomic E-state index is 11.9. The second-order valence-corrected chi connectivity index (χ2v) is 8.66. The van der Waals surface area contributed by atoms with E-state index in [1.807, 2.05) is 11.0 Å². The number of nitrogens with two attached hydrogens (primary N) is 1. The Morgan fingerprint density at radius 1 is 1.40 bits per heavy atom. The summed E-state index contributed by atoms with van der Waals surface area (Å²) < 4.78 is 8.67. The maximum absolute atomic E-state index is 11.9. The van der Waals surface area contributed by atoms with Gasteiger partial charge in [-0.05, 0) is 31.9 Å². The monoisotopic (exact) mass is 425 g/mol. The summed E-state index contributed by atoms with van der Waals surface area (Å²) in [6.45, 7) is 2.79. The van der Waals surface area contributed by atoms with Crippen molar-refractivity contribution in [3.8, 4) is 11.3 Å². The van der Waals surface area contributed by atoms with E-state index in [-0.39, 0.29) is 17.6 Å². The van der Waals surface area contributed by atoms with Crippen LogP contribution in [0.3, 0.4) is 0 Å². The summed E-state index contributed by atoms with van der Waals surface area (Å²) in [6, 6.07) is 7.25. The minimum atomic E-state index is -0.145. The maximum Gasteiger partial charge on any atom is 0.342 e. The highest BCUT2D eigenvalue weighted by atomic mass is 32.1. The second kappa shape index (κ2) is 7.91.